The van der Waals surface area contributed by atoms with E-state index >= 15 is 0 Å². The third-order valence-electron chi connectivity index (χ3n) is 3.10. The van der Waals surface area contributed by atoms with Crippen molar-refractivity contribution < 1.29 is 4.79 Å². The summed E-state index contributed by atoms with van der Waals surface area (Å²) in [5, 5.41) is 2.86. The molecule has 0 aliphatic rings. The number of nitrogen functional groups attached to an aromatic ring is 1. The maximum absolute atomic E-state index is 12.0. The van der Waals surface area contributed by atoms with Gasteiger partial charge in [-0.1, -0.05) is 30.3 Å². The molecule has 0 saturated carbocycles. The van der Waals surface area contributed by atoms with E-state index in [4.69, 9.17) is 5.73 Å². The minimum absolute atomic E-state index is 0.0494. The molecule has 0 atom stereocenters. The van der Waals surface area contributed by atoms with Gasteiger partial charge in [-0.2, -0.15) is 0 Å². The van der Waals surface area contributed by atoms with Crippen molar-refractivity contribution in [3.8, 4) is 0 Å². The molecule has 0 radical (unpaired) electrons. The number of benzene rings is 2. The quantitative estimate of drug-likeness (QED) is 0.827. The topological polar surface area (TPSA) is 55.1 Å². The van der Waals surface area contributed by atoms with Crippen LogP contribution >= 0.6 is 0 Å². The Morgan fingerprint density at radius 1 is 1.16 bits per heavy atom. The van der Waals surface area contributed by atoms with E-state index < -0.39 is 0 Å². The molecule has 19 heavy (non-hydrogen) atoms. The first-order chi connectivity index (χ1) is 9.06. The fraction of sp³-hybridized carbons (Fsp3) is 0.188. The van der Waals surface area contributed by atoms with Crippen LogP contribution in [0.25, 0.3) is 0 Å². The van der Waals surface area contributed by atoms with E-state index in [-0.39, 0.29) is 5.91 Å². The van der Waals surface area contributed by atoms with Crippen molar-refractivity contribution in [1.29, 1.82) is 0 Å². The summed E-state index contributed by atoms with van der Waals surface area (Å²) < 4.78 is 0. The monoisotopic (exact) mass is 254 g/mol. The second-order valence-corrected chi connectivity index (χ2v) is 4.74. The summed E-state index contributed by atoms with van der Waals surface area (Å²) in [5.74, 6) is -0.0494. The molecule has 0 aliphatic carbocycles. The van der Waals surface area contributed by atoms with Gasteiger partial charge in [0.2, 0.25) is 5.91 Å². The van der Waals surface area contributed by atoms with Gasteiger partial charge in [0, 0.05) is 0 Å². The number of hydrogen-bond acceptors (Lipinski definition) is 2. The molecule has 1 amide bonds. The van der Waals surface area contributed by atoms with Crippen LogP contribution in [-0.4, -0.2) is 5.91 Å². The molecule has 2 aromatic rings. The normalized spacial score (nSPS) is 10.2. The van der Waals surface area contributed by atoms with Gasteiger partial charge >= 0.3 is 0 Å². The summed E-state index contributed by atoms with van der Waals surface area (Å²) in [6.07, 6.45) is 0.361. The fourth-order valence-electron chi connectivity index (χ4n) is 1.95. The Kier molecular flexibility index (Phi) is 3.85. The maximum atomic E-state index is 12.0. The van der Waals surface area contributed by atoms with Gasteiger partial charge in [0.15, 0.2) is 0 Å². The Bertz CT molecular complexity index is 605. The molecule has 0 aliphatic heterocycles. The molecule has 98 valence electrons. The van der Waals surface area contributed by atoms with E-state index in [0.29, 0.717) is 17.8 Å². The standard InChI is InChI=1S/C16H18N2O/c1-11-7-8-14(17)15(9-11)18-16(19)10-13-6-4-3-5-12(13)2/h3-9H,10,17H2,1-2H3,(H,18,19). The highest BCUT2D eigenvalue weighted by Gasteiger charge is 2.08. The van der Waals surface area contributed by atoms with Crippen molar-refractivity contribution in [1.82, 2.24) is 0 Å². The van der Waals surface area contributed by atoms with Crippen LogP contribution in [0, 0.1) is 13.8 Å². The Morgan fingerprint density at radius 3 is 2.63 bits per heavy atom. The summed E-state index contributed by atoms with van der Waals surface area (Å²) in [7, 11) is 0. The lowest BCUT2D eigenvalue weighted by molar-refractivity contribution is -0.115. The minimum Gasteiger partial charge on any atom is -0.397 e. The smallest absolute Gasteiger partial charge is 0.228 e. The molecular formula is C16H18N2O. The number of nitrogens with one attached hydrogen (secondary N) is 1. The van der Waals surface area contributed by atoms with Gasteiger partial charge in [0.05, 0.1) is 17.8 Å². The zero-order valence-corrected chi connectivity index (χ0v) is 11.2. The lowest BCUT2D eigenvalue weighted by atomic mass is 10.1. The Hall–Kier alpha value is -2.29. The summed E-state index contributed by atoms with van der Waals surface area (Å²) in [6.45, 7) is 3.97. The summed E-state index contributed by atoms with van der Waals surface area (Å²) in [4.78, 5) is 12.0. The summed E-state index contributed by atoms with van der Waals surface area (Å²) in [6, 6.07) is 13.5. The average molecular weight is 254 g/mol. The molecule has 0 saturated heterocycles. The highest BCUT2D eigenvalue weighted by molar-refractivity contribution is 5.95. The first-order valence-electron chi connectivity index (χ1n) is 6.27. The van der Waals surface area contributed by atoms with Crippen LogP contribution in [0.4, 0.5) is 11.4 Å². The average Bonchev–Trinajstić information content (AvgIpc) is 2.37. The zero-order valence-electron chi connectivity index (χ0n) is 11.2. The molecule has 2 aromatic carbocycles. The van der Waals surface area contributed by atoms with Crippen LogP contribution in [-0.2, 0) is 11.2 Å². The van der Waals surface area contributed by atoms with Gasteiger partial charge in [-0.05, 0) is 42.7 Å². The number of hydrogen-bond donors (Lipinski definition) is 2. The summed E-state index contributed by atoms with van der Waals surface area (Å²) >= 11 is 0. The van der Waals surface area contributed by atoms with Crippen LogP contribution in [0.2, 0.25) is 0 Å². The van der Waals surface area contributed by atoms with Crippen molar-refractivity contribution in [3.05, 3.63) is 59.2 Å². The van der Waals surface area contributed by atoms with E-state index in [1.165, 1.54) is 0 Å². The van der Waals surface area contributed by atoms with Gasteiger partial charge in [0.25, 0.3) is 0 Å². The molecule has 0 bridgehead atoms. The third kappa shape index (κ3) is 3.35. The number of amides is 1. The van der Waals surface area contributed by atoms with E-state index in [9.17, 15) is 4.79 Å². The van der Waals surface area contributed by atoms with Gasteiger partial charge in [-0.25, -0.2) is 0 Å². The number of rotatable bonds is 3. The van der Waals surface area contributed by atoms with Crippen LogP contribution < -0.4 is 11.1 Å². The predicted octanol–water partition coefficient (Wildman–Crippen LogP) is 3.07. The predicted molar refractivity (Wildman–Crippen MR) is 79.1 cm³/mol. The number of anilines is 2. The highest BCUT2D eigenvalue weighted by Crippen LogP contribution is 2.20. The van der Waals surface area contributed by atoms with Gasteiger partial charge in [-0.3, -0.25) is 4.79 Å². The molecule has 3 nitrogen and oxygen atoms in total. The summed E-state index contributed by atoms with van der Waals surface area (Å²) in [5.41, 5.74) is 10.3. The fourth-order valence-corrected chi connectivity index (χ4v) is 1.95. The van der Waals surface area contributed by atoms with E-state index in [1.54, 1.807) is 6.07 Å². The third-order valence-corrected chi connectivity index (χ3v) is 3.10. The highest BCUT2D eigenvalue weighted by atomic mass is 16.1. The lowest BCUT2D eigenvalue weighted by Gasteiger charge is -2.10. The first-order valence-corrected chi connectivity index (χ1v) is 6.27. The first kappa shape index (κ1) is 13.1. The number of nitrogens with two attached hydrogens (primary N) is 1. The van der Waals surface area contributed by atoms with Gasteiger partial charge in [0.1, 0.15) is 0 Å². The van der Waals surface area contributed by atoms with Crippen LogP contribution in [0.5, 0.6) is 0 Å². The van der Waals surface area contributed by atoms with E-state index in [2.05, 4.69) is 5.32 Å². The molecule has 0 aromatic heterocycles. The largest absolute Gasteiger partial charge is 0.397 e. The van der Waals surface area contributed by atoms with E-state index in [0.717, 1.165) is 16.7 Å². The SMILES string of the molecule is Cc1ccc(N)c(NC(=O)Cc2ccccc2C)c1. The number of carbonyl (C=O) groups is 1. The zero-order chi connectivity index (χ0) is 13.8. The van der Waals surface area contributed by atoms with Gasteiger partial charge < -0.3 is 11.1 Å². The molecule has 3 N–H and O–H groups in total. The van der Waals surface area contributed by atoms with Gasteiger partial charge in [-0.15, -0.1) is 0 Å². The lowest BCUT2D eigenvalue weighted by Crippen LogP contribution is -2.16. The molecule has 3 heteroatoms. The van der Waals surface area contributed by atoms with Crippen molar-refractivity contribution in [2.24, 2.45) is 0 Å². The van der Waals surface area contributed by atoms with Crippen LogP contribution in [0.15, 0.2) is 42.5 Å². The Balaban J connectivity index is 2.10. The second-order valence-electron chi connectivity index (χ2n) is 4.74. The second kappa shape index (κ2) is 5.57. The Labute approximate surface area is 113 Å². The van der Waals surface area contributed by atoms with Crippen molar-refractivity contribution in [2.45, 2.75) is 20.3 Å². The van der Waals surface area contributed by atoms with Crippen LogP contribution in [0.3, 0.4) is 0 Å². The van der Waals surface area contributed by atoms with Crippen molar-refractivity contribution >= 4 is 17.3 Å². The number of carbonyl (C=O) groups excluding carboxylic acids is 1. The molecule has 0 fully saturated rings. The maximum Gasteiger partial charge on any atom is 0.228 e. The Morgan fingerprint density at radius 2 is 1.89 bits per heavy atom. The number of aryl methyl sites for hydroxylation is 2. The minimum atomic E-state index is -0.0494. The van der Waals surface area contributed by atoms with Crippen molar-refractivity contribution in [2.75, 3.05) is 11.1 Å². The van der Waals surface area contributed by atoms with Crippen molar-refractivity contribution in [3.63, 3.8) is 0 Å². The molecule has 0 spiro atoms. The van der Waals surface area contributed by atoms with Crippen LogP contribution in [0.1, 0.15) is 16.7 Å². The van der Waals surface area contributed by atoms with E-state index in [1.807, 2.05) is 50.2 Å². The molecule has 0 unspecified atom stereocenters. The molecular weight excluding hydrogens is 236 g/mol. The molecule has 0 heterocycles. The molecule has 2 rings (SSSR count).